The Morgan fingerprint density at radius 2 is 2.00 bits per heavy atom. The van der Waals surface area contributed by atoms with E-state index in [0.29, 0.717) is 11.7 Å². The number of likely N-dealkylation sites (tertiary alicyclic amines) is 1. The second-order valence-corrected chi connectivity index (χ2v) is 4.68. The van der Waals surface area contributed by atoms with Crippen LogP contribution in [0.3, 0.4) is 0 Å². The van der Waals surface area contributed by atoms with E-state index in [1.807, 2.05) is 17.0 Å². The van der Waals surface area contributed by atoms with Crippen LogP contribution in [0.2, 0.25) is 0 Å². The van der Waals surface area contributed by atoms with Gasteiger partial charge in [0.1, 0.15) is 0 Å². The lowest BCUT2D eigenvalue weighted by Crippen LogP contribution is -2.43. The molecule has 1 heterocycles. The van der Waals surface area contributed by atoms with E-state index in [9.17, 15) is 4.79 Å². The molecule has 18 heavy (non-hydrogen) atoms. The minimum atomic E-state index is 0. The normalized spacial score (nSPS) is 19.2. The quantitative estimate of drug-likeness (QED) is 0.838. The van der Waals surface area contributed by atoms with Crippen molar-refractivity contribution in [3.05, 3.63) is 29.8 Å². The molecule has 4 heteroatoms. The Bertz CT molecular complexity index is 391. The van der Waals surface area contributed by atoms with Crippen molar-refractivity contribution in [1.29, 1.82) is 0 Å². The second kappa shape index (κ2) is 6.64. The zero-order valence-corrected chi connectivity index (χ0v) is 11.6. The highest BCUT2D eigenvalue weighted by Crippen LogP contribution is 2.22. The Hall–Kier alpha value is -1.22. The smallest absolute Gasteiger partial charge is 0.254 e. The number of piperidine rings is 1. The van der Waals surface area contributed by atoms with Crippen LogP contribution in [0.25, 0.3) is 0 Å². The molecule has 1 aromatic carbocycles. The molecule has 3 nitrogen and oxygen atoms in total. The average molecular weight is 269 g/mol. The summed E-state index contributed by atoms with van der Waals surface area (Å²) in [6.45, 7) is 3.04. The van der Waals surface area contributed by atoms with Crippen LogP contribution in [-0.2, 0) is 0 Å². The van der Waals surface area contributed by atoms with Crippen LogP contribution in [0.4, 0.5) is 5.69 Å². The molecular weight excluding hydrogens is 248 g/mol. The van der Waals surface area contributed by atoms with Gasteiger partial charge in [-0.05, 0) is 49.9 Å². The van der Waals surface area contributed by atoms with E-state index in [1.165, 1.54) is 6.42 Å². The number of anilines is 1. The number of amides is 1. The molecule has 1 saturated heterocycles. The zero-order chi connectivity index (χ0) is 12.3. The molecule has 1 amide bonds. The summed E-state index contributed by atoms with van der Waals surface area (Å²) in [4.78, 5) is 14.4. The van der Waals surface area contributed by atoms with Crippen molar-refractivity contribution in [2.75, 3.05) is 12.3 Å². The number of benzene rings is 1. The molecule has 0 saturated carbocycles. The Labute approximate surface area is 115 Å². The van der Waals surface area contributed by atoms with Crippen LogP contribution in [0, 0.1) is 0 Å². The minimum absolute atomic E-state index is 0. The van der Waals surface area contributed by atoms with Crippen molar-refractivity contribution in [1.82, 2.24) is 4.90 Å². The highest BCUT2D eigenvalue weighted by molar-refractivity contribution is 5.94. The van der Waals surface area contributed by atoms with Crippen molar-refractivity contribution >= 4 is 24.0 Å². The highest BCUT2D eigenvalue weighted by Gasteiger charge is 2.25. The van der Waals surface area contributed by atoms with Crippen LogP contribution in [0.5, 0.6) is 0 Å². The van der Waals surface area contributed by atoms with Gasteiger partial charge < -0.3 is 10.6 Å². The maximum absolute atomic E-state index is 12.4. The summed E-state index contributed by atoms with van der Waals surface area (Å²) >= 11 is 0. The Morgan fingerprint density at radius 3 is 2.61 bits per heavy atom. The van der Waals surface area contributed by atoms with Crippen LogP contribution in [0.1, 0.15) is 43.0 Å². The summed E-state index contributed by atoms with van der Waals surface area (Å²) in [5, 5.41) is 0. The molecular formula is C14H21ClN2O. The maximum atomic E-state index is 12.4. The number of hydrogen-bond acceptors (Lipinski definition) is 2. The summed E-state index contributed by atoms with van der Waals surface area (Å²) in [6, 6.07) is 7.63. The number of nitrogen functional groups attached to an aromatic ring is 1. The summed E-state index contributed by atoms with van der Waals surface area (Å²) in [5.41, 5.74) is 7.08. The number of nitrogens with two attached hydrogens (primary N) is 1. The molecule has 0 aliphatic carbocycles. The van der Waals surface area contributed by atoms with Crippen molar-refractivity contribution in [3.63, 3.8) is 0 Å². The summed E-state index contributed by atoms with van der Waals surface area (Å²) < 4.78 is 0. The first-order chi connectivity index (χ1) is 8.22. The Kier molecular flexibility index (Phi) is 5.48. The summed E-state index contributed by atoms with van der Waals surface area (Å²) in [7, 11) is 0. The molecule has 0 spiro atoms. The molecule has 0 bridgehead atoms. The molecule has 2 N–H and O–H groups in total. The van der Waals surface area contributed by atoms with Gasteiger partial charge in [-0.1, -0.05) is 6.92 Å². The highest BCUT2D eigenvalue weighted by atomic mass is 35.5. The molecule has 2 rings (SSSR count). The van der Waals surface area contributed by atoms with E-state index in [2.05, 4.69) is 6.92 Å². The van der Waals surface area contributed by atoms with Gasteiger partial charge in [-0.15, -0.1) is 12.4 Å². The fourth-order valence-corrected chi connectivity index (χ4v) is 2.48. The standard InChI is InChI=1S/C14H20N2O.ClH/c1-2-13-5-3-4-10-16(13)14(17)11-6-8-12(15)9-7-11;/h6-9,13H,2-5,10,15H2,1H3;1H. The van der Waals surface area contributed by atoms with Crippen LogP contribution in [-0.4, -0.2) is 23.4 Å². The third-order valence-electron chi connectivity index (χ3n) is 3.52. The third kappa shape index (κ3) is 3.16. The molecule has 0 radical (unpaired) electrons. The van der Waals surface area contributed by atoms with Gasteiger partial charge >= 0.3 is 0 Å². The predicted molar refractivity (Wildman–Crippen MR) is 77.1 cm³/mol. The summed E-state index contributed by atoms with van der Waals surface area (Å²) in [5.74, 6) is 0.150. The molecule has 1 aliphatic heterocycles. The first-order valence-electron chi connectivity index (χ1n) is 6.39. The molecule has 0 aromatic heterocycles. The largest absolute Gasteiger partial charge is 0.399 e. The number of rotatable bonds is 2. The van der Waals surface area contributed by atoms with Gasteiger partial charge in [-0.25, -0.2) is 0 Å². The van der Waals surface area contributed by atoms with Gasteiger partial charge in [-0.2, -0.15) is 0 Å². The Balaban J connectivity index is 0.00000162. The van der Waals surface area contributed by atoms with E-state index >= 15 is 0 Å². The van der Waals surface area contributed by atoms with Gasteiger partial charge in [0, 0.05) is 23.8 Å². The monoisotopic (exact) mass is 268 g/mol. The second-order valence-electron chi connectivity index (χ2n) is 4.68. The van der Waals surface area contributed by atoms with Gasteiger partial charge in [-0.3, -0.25) is 4.79 Å². The molecule has 100 valence electrons. The van der Waals surface area contributed by atoms with Crippen molar-refractivity contribution in [3.8, 4) is 0 Å². The van der Waals surface area contributed by atoms with Gasteiger partial charge in [0.25, 0.3) is 5.91 Å². The van der Waals surface area contributed by atoms with Crippen LogP contribution >= 0.6 is 12.4 Å². The predicted octanol–water partition coefficient (Wildman–Crippen LogP) is 3.10. The van der Waals surface area contributed by atoms with Gasteiger partial charge in [0.05, 0.1) is 0 Å². The lowest BCUT2D eigenvalue weighted by molar-refractivity contribution is 0.0608. The minimum Gasteiger partial charge on any atom is -0.399 e. The SMILES string of the molecule is CCC1CCCCN1C(=O)c1ccc(N)cc1.Cl. The number of nitrogens with zero attached hydrogens (tertiary/aromatic N) is 1. The van der Waals surface area contributed by atoms with Crippen molar-refractivity contribution in [2.24, 2.45) is 0 Å². The third-order valence-corrected chi connectivity index (χ3v) is 3.52. The average Bonchev–Trinajstić information content (AvgIpc) is 2.39. The lowest BCUT2D eigenvalue weighted by atomic mass is 9.99. The number of hydrogen-bond donors (Lipinski definition) is 1. The fraction of sp³-hybridized carbons (Fsp3) is 0.500. The summed E-state index contributed by atoms with van der Waals surface area (Å²) in [6.07, 6.45) is 4.54. The van der Waals surface area contributed by atoms with E-state index < -0.39 is 0 Å². The molecule has 1 unspecified atom stereocenters. The Morgan fingerprint density at radius 1 is 1.33 bits per heavy atom. The molecule has 1 fully saturated rings. The molecule has 1 atom stereocenters. The molecule has 1 aliphatic rings. The van der Waals surface area contributed by atoms with Crippen LogP contribution < -0.4 is 5.73 Å². The zero-order valence-electron chi connectivity index (χ0n) is 10.8. The number of carbonyl (C=O) groups excluding carboxylic acids is 1. The van der Waals surface area contributed by atoms with E-state index in [-0.39, 0.29) is 18.3 Å². The van der Waals surface area contributed by atoms with Crippen LogP contribution in [0.15, 0.2) is 24.3 Å². The fourth-order valence-electron chi connectivity index (χ4n) is 2.48. The van der Waals surface area contributed by atoms with E-state index in [4.69, 9.17) is 5.73 Å². The van der Waals surface area contributed by atoms with Gasteiger partial charge in [0.2, 0.25) is 0 Å². The van der Waals surface area contributed by atoms with Crippen molar-refractivity contribution < 1.29 is 4.79 Å². The topological polar surface area (TPSA) is 46.3 Å². The number of halogens is 1. The lowest BCUT2D eigenvalue weighted by Gasteiger charge is -2.35. The molecule has 1 aromatic rings. The first-order valence-corrected chi connectivity index (χ1v) is 6.39. The number of carbonyl (C=O) groups is 1. The maximum Gasteiger partial charge on any atom is 0.254 e. The van der Waals surface area contributed by atoms with Gasteiger partial charge in [0.15, 0.2) is 0 Å². The van der Waals surface area contributed by atoms with E-state index in [1.54, 1.807) is 12.1 Å². The van der Waals surface area contributed by atoms with Crippen molar-refractivity contribution in [2.45, 2.75) is 38.6 Å². The first kappa shape index (κ1) is 14.8. The van der Waals surface area contributed by atoms with E-state index in [0.717, 1.165) is 31.4 Å².